The van der Waals surface area contributed by atoms with Crippen molar-refractivity contribution in [2.75, 3.05) is 7.11 Å². The summed E-state index contributed by atoms with van der Waals surface area (Å²) >= 11 is 0. The highest BCUT2D eigenvalue weighted by Crippen LogP contribution is 2.45. The maximum Gasteiger partial charge on any atom is 0.224 e. The van der Waals surface area contributed by atoms with Gasteiger partial charge in [0.05, 0.1) is 7.11 Å². The predicted octanol–water partition coefficient (Wildman–Crippen LogP) is 5.04. The summed E-state index contributed by atoms with van der Waals surface area (Å²) in [4.78, 5) is 0. The maximum atomic E-state index is 10.4. The summed E-state index contributed by atoms with van der Waals surface area (Å²) < 4.78 is 11.5. The Labute approximate surface area is 147 Å². The number of hydrogen-bond acceptors (Lipinski definition) is 3. The standard InChI is InChI=1S/C22H20O3/c1-3-18-21(16-10-6-7-11-17(16)22(23)25-18)20-15-9-5-4-8-14(15)12-13-19(20)24-2/h4-13,22-23H,3H2,1-2H3. The zero-order valence-electron chi connectivity index (χ0n) is 14.3. The lowest BCUT2D eigenvalue weighted by Crippen LogP contribution is -2.14. The van der Waals surface area contributed by atoms with E-state index in [1.165, 1.54) is 0 Å². The fraction of sp³-hybridized carbons (Fsp3) is 0.182. The smallest absolute Gasteiger partial charge is 0.224 e. The van der Waals surface area contributed by atoms with Crippen LogP contribution in [0.25, 0.3) is 16.3 Å². The number of hydrogen-bond donors (Lipinski definition) is 1. The van der Waals surface area contributed by atoms with Gasteiger partial charge in [0.15, 0.2) is 0 Å². The van der Waals surface area contributed by atoms with Crippen molar-refractivity contribution < 1.29 is 14.6 Å². The lowest BCUT2D eigenvalue weighted by atomic mass is 9.87. The molecule has 1 aliphatic rings. The highest BCUT2D eigenvalue weighted by Gasteiger charge is 2.29. The molecule has 0 saturated heterocycles. The van der Waals surface area contributed by atoms with E-state index in [2.05, 4.69) is 18.2 Å². The summed E-state index contributed by atoms with van der Waals surface area (Å²) in [6.45, 7) is 2.04. The topological polar surface area (TPSA) is 38.7 Å². The SMILES string of the molecule is CCC1=C(c2c(OC)ccc3ccccc23)c2ccccc2C(O)O1. The van der Waals surface area contributed by atoms with Crippen LogP contribution in [0.1, 0.15) is 36.3 Å². The molecule has 0 amide bonds. The molecule has 0 bridgehead atoms. The maximum absolute atomic E-state index is 10.4. The first-order chi connectivity index (χ1) is 12.2. The van der Waals surface area contributed by atoms with E-state index in [0.717, 1.165) is 44.5 Å². The first-order valence-corrected chi connectivity index (χ1v) is 8.48. The molecule has 0 aliphatic carbocycles. The van der Waals surface area contributed by atoms with Crippen molar-refractivity contribution in [2.45, 2.75) is 19.6 Å². The van der Waals surface area contributed by atoms with Gasteiger partial charge in [0.25, 0.3) is 0 Å². The number of fused-ring (bicyclic) bond motifs is 2. The molecule has 25 heavy (non-hydrogen) atoms. The molecular weight excluding hydrogens is 312 g/mol. The van der Waals surface area contributed by atoms with Gasteiger partial charge < -0.3 is 14.6 Å². The van der Waals surface area contributed by atoms with Crippen LogP contribution in [0.5, 0.6) is 5.75 Å². The Kier molecular flexibility index (Phi) is 3.94. The van der Waals surface area contributed by atoms with Crippen LogP contribution in [0.15, 0.2) is 66.4 Å². The van der Waals surface area contributed by atoms with Gasteiger partial charge in [-0.2, -0.15) is 0 Å². The second kappa shape index (κ2) is 6.26. The third-order valence-electron chi connectivity index (χ3n) is 4.71. The summed E-state index contributed by atoms with van der Waals surface area (Å²) in [6.07, 6.45) is -0.247. The number of ether oxygens (including phenoxy) is 2. The van der Waals surface area contributed by atoms with E-state index in [0.29, 0.717) is 6.42 Å². The minimum absolute atomic E-state index is 0.688. The summed E-state index contributed by atoms with van der Waals surface area (Å²) in [6, 6.07) is 20.2. The quantitative estimate of drug-likeness (QED) is 0.730. The van der Waals surface area contributed by atoms with Gasteiger partial charge >= 0.3 is 0 Å². The average molecular weight is 332 g/mol. The lowest BCUT2D eigenvalue weighted by Gasteiger charge is -2.29. The predicted molar refractivity (Wildman–Crippen MR) is 99.3 cm³/mol. The fourth-order valence-electron chi connectivity index (χ4n) is 3.56. The van der Waals surface area contributed by atoms with E-state index in [-0.39, 0.29) is 0 Å². The molecule has 126 valence electrons. The zero-order chi connectivity index (χ0) is 17.4. The first-order valence-electron chi connectivity index (χ1n) is 8.48. The Balaban J connectivity index is 2.11. The molecule has 0 fully saturated rings. The second-order valence-corrected chi connectivity index (χ2v) is 6.07. The van der Waals surface area contributed by atoms with Gasteiger partial charge in [-0.3, -0.25) is 0 Å². The van der Waals surface area contributed by atoms with Crippen molar-refractivity contribution in [3.63, 3.8) is 0 Å². The third-order valence-corrected chi connectivity index (χ3v) is 4.71. The number of aliphatic hydroxyl groups excluding tert-OH is 1. The van der Waals surface area contributed by atoms with Crippen LogP contribution in [0.2, 0.25) is 0 Å². The molecule has 3 aromatic carbocycles. The molecule has 3 heteroatoms. The normalized spacial score (nSPS) is 16.5. The first kappa shape index (κ1) is 15.7. The molecule has 0 radical (unpaired) electrons. The molecular formula is C22H20O3. The Bertz CT molecular complexity index is 972. The number of methoxy groups -OCH3 is 1. The van der Waals surface area contributed by atoms with Crippen LogP contribution < -0.4 is 4.74 Å². The lowest BCUT2D eigenvalue weighted by molar-refractivity contribution is -0.0724. The molecule has 1 aliphatic heterocycles. The summed E-state index contributed by atoms with van der Waals surface area (Å²) in [5.41, 5.74) is 3.78. The van der Waals surface area contributed by atoms with Crippen molar-refractivity contribution in [3.8, 4) is 5.75 Å². The van der Waals surface area contributed by atoms with Crippen molar-refractivity contribution in [2.24, 2.45) is 0 Å². The van der Waals surface area contributed by atoms with E-state index in [9.17, 15) is 5.11 Å². The number of aliphatic hydroxyl groups is 1. The summed E-state index contributed by atoms with van der Waals surface area (Å²) in [5.74, 6) is 1.58. The fourth-order valence-corrected chi connectivity index (χ4v) is 3.56. The molecule has 4 rings (SSSR count). The van der Waals surface area contributed by atoms with Crippen LogP contribution in [0.4, 0.5) is 0 Å². The van der Waals surface area contributed by atoms with E-state index < -0.39 is 6.29 Å². The van der Waals surface area contributed by atoms with Crippen LogP contribution >= 0.6 is 0 Å². The monoisotopic (exact) mass is 332 g/mol. The van der Waals surface area contributed by atoms with Gasteiger partial charge in [0, 0.05) is 23.1 Å². The number of rotatable bonds is 3. The van der Waals surface area contributed by atoms with Gasteiger partial charge in [-0.25, -0.2) is 0 Å². The van der Waals surface area contributed by atoms with Crippen molar-refractivity contribution in [3.05, 3.63) is 83.1 Å². The molecule has 1 heterocycles. The van der Waals surface area contributed by atoms with Gasteiger partial charge in [0.2, 0.25) is 6.29 Å². The second-order valence-electron chi connectivity index (χ2n) is 6.07. The zero-order valence-corrected chi connectivity index (χ0v) is 14.3. The summed E-state index contributed by atoms with van der Waals surface area (Å²) in [7, 11) is 1.68. The van der Waals surface area contributed by atoms with E-state index in [4.69, 9.17) is 9.47 Å². The van der Waals surface area contributed by atoms with Crippen molar-refractivity contribution in [1.29, 1.82) is 0 Å². The van der Waals surface area contributed by atoms with Gasteiger partial charge in [0.1, 0.15) is 11.5 Å². The number of allylic oxidation sites excluding steroid dienone is 1. The van der Waals surface area contributed by atoms with Crippen LogP contribution in [0, 0.1) is 0 Å². The van der Waals surface area contributed by atoms with E-state index in [1.54, 1.807) is 7.11 Å². The molecule has 0 saturated carbocycles. The Hall–Kier alpha value is -2.78. The molecule has 3 aromatic rings. The molecule has 1 atom stereocenters. The van der Waals surface area contributed by atoms with E-state index in [1.807, 2.05) is 49.4 Å². The largest absolute Gasteiger partial charge is 0.496 e. The molecule has 3 nitrogen and oxygen atoms in total. The molecule has 1 unspecified atom stereocenters. The highest BCUT2D eigenvalue weighted by atomic mass is 16.6. The Morgan fingerprint density at radius 1 is 1.00 bits per heavy atom. The van der Waals surface area contributed by atoms with Crippen molar-refractivity contribution in [1.82, 2.24) is 0 Å². The Morgan fingerprint density at radius 3 is 2.56 bits per heavy atom. The van der Waals surface area contributed by atoms with Gasteiger partial charge in [-0.1, -0.05) is 61.5 Å². The van der Waals surface area contributed by atoms with Gasteiger partial charge in [-0.15, -0.1) is 0 Å². The molecule has 0 aromatic heterocycles. The minimum Gasteiger partial charge on any atom is -0.496 e. The average Bonchev–Trinajstić information content (AvgIpc) is 2.67. The van der Waals surface area contributed by atoms with Crippen LogP contribution in [-0.2, 0) is 4.74 Å². The van der Waals surface area contributed by atoms with E-state index >= 15 is 0 Å². The summed E-state index contributed by atoms with van der Waals surface area (Å²) in [5, 5.41) is 12.6. The van der Waals surface area contributed by atoms with Gasteiger partial charge in [-0.05, 0) is 22.4 Å². The Morgan fingerprint density at radius 2 is 1.76 bits per heavy atom. The highest BCUT2D eigenvalue weighted by molar-refractivity contribution is 6.01. The van der Waals surface area contributed by atoms with Crippen LogP contribution in [0.3, 0.4) is 0 Å². The van der Waals surface area contributed by atoms with Crippen molar-refractivity contribution >= 4 is 16.3 Å². The minimum atomic E-state index is -0.934. The molecule has 0 spiro atoms. The van der Waals surface area contributed by atoms with Crippen LogP contribution in [-0.4, -0.2) is 12.2 Å². The molecule has 1 N–H and O–H groups in total. The number of benzene rings is 3. The third kappa shape index (κ3) is 2.48.